The van der Waals surface area contributed by atoms with Crippen LogP contribution in [0.5, 0.6) is 5.75 Å². The van der Waals surface area contributed by atoms with E-state index < -0.39 is 10.8 Å². The van der Waals surface area contributed by atoms with Crippen LogP contribution in [0.25, 0.3) is 17.1 Å². The number of carbonyl (C=O) groups is 1. The Bertz CT molecular complexity index is 1360. The number of hydrogen-bond acceptors (Lipinski definition) is 11. The number of amides is 1. The molecule has 2 aromatic heterocycles. The fourth-order valence-corrected chi connectivity index (χ4v) is 3.01. The van der Waals surface area contributed by atoms with Gasteiger partial charge in [0, 0.05) is 23.3 Å². The SMILES string of the molecule is CCOc1ccccc1/C=N\NC(=O)c1nnn(-c2nonc2N)c1-c1ccc([N+](=O)[O-])cc1. The molecule has 2 heterocycles. The van der Waals surface area contributed by atoms with Crippen LogP contribution in [0.2, 0.25) is 0 Å². The van der Waals surface area contributed by atoms with Crippen molar-refractivity contribution in [2.24, 2.45) is 5.10 Å². The largest absolute Gasteiger partial charge is 0.493 e. The molecule has 4 rings (SSSR count). The Labute approximate surface area is 191 Å². The smallest absolute Gasteiger partial charge is 0.294 e. The Hall–Kier alpha value is -5.14. The second kappa shape index (κ2) is 9.56. The molecule has 0 fully saturated rings. The molecule has 0 aliphatic rings. The third kappa shape index (κ3) is 4.40. The van der Waals surface area contributed by atoms with Gasteiger partial charge in [-0.2, -0.15) is 9.78 Å². The third-order valence-electron chi connectivity index (χ3n) is 4.52. The first-order chi connectivity index (χ1) is 16.5. The molecule has 3 N–H and O–H groups in total. The van der Waals surface area contributed by atoms with E-state index in [0.717, 1.165) is 4.68 Å². The van der Waals surface area contributed by atoms with E-state index in [9.17, 15) is 14.9 Å². The lowest BCUT2D eigenvalue weighted by Crippen LogP contribution is -2.19. The summed E-state index contributed by atoms with van der Waals surface area (Å²) in [6.07, 6.45) is 1.43. The maximum Gasteiger partial charge on any atom is 0.294 e. The predicted molar refractivity (Wildman–Crippen MR) is 118 cm³/mol. The van der Waals surface area contributed by atoms with Crippen molar-refractivity contribution in [3.63, 3.8) is 0 Å². The molecule has 0 radical (unpaired) electrons. The minimum atomic E-state index is -0.695. The molecule has 34 heavy (non-hydrogen) atoms. The zero-order valence-electron chi connectivity index (χ0n) is 17.7. The fourth-order valence-electron chi connectivity index (χ4n) is 3.01. The van der Waals surface area contributed by atoms with E-state index in [2.05, 4.69) is 35.8 Å². The topological polar surface area (TPSA) is 189 Å². The maximum atomic E-state index is 12.9. The Morgan fingerprint density at radius 2 is 2.03 bits per heavy atom. The van der Waals surface area contributed by atoms with Gasteiger partial charge in [-0.05, 0) is 41.5 Å². The molecule has 0 saturated heterocycles. The van der Waals surface area contributed by atoms with Gasteiger partial charge in [0.25, 0.3) is 11.6 Å². The van der Waals surface area contributed by atoms with E-state index in [1.54, 1.807) is 18.2 Å². The molecule has 14 heteroatoms. The number of nitrogens with two attached hydrogens (primary N) is 1. The normalized spacial score (nSPS) is 11.0. The highest BCUT2D eigenvalue weighted by Gasteiger charge is 2.25. The van der Waals surface area contributed by atoms with Crippen LogP contribution >= 0.6 is 0 Å². The number of carbonyl (C=O) groups excluding carboxylic acids is 1. The van der Waals surface area contributed by atoms with Crippen LogP contribution in [0.1, 0.15) is 23.0 Å². The van der Waals surface area contributed by atoms with Gasteiger partial charge in [-0.3, -0.25) is 14.9 Å². The monoisotopic (exact) mass is 463 g/mol. The van der Waals surface area contributed by atoms with Crippen LogP contribution in [0.15, 0.2) is 58.3 Å². The average Bonchev–Trinajstić information content (AvgIpc) is 3.46. The zero-order valence-corrected chi connectivity index (χ0v) is 17.7. The number of para-hydroxylation sites is 1. The van der Waals surface area contributed by atoms with Crippen LogP contribution in [0.3, 0.4) is 0 Å². The van der Waals surface area contributed by atoms with Crippen LogP contribution in [0.4, 0.5) is 11.5 Å². The second-order valence-electron chi connectivity index (χ2n) is 6.65. The number of hydrazone groups is 1. The minimum absolute atomic E-state index is 0.00551. The molecule has 0 atom stereocenters. The van der Waals surface area contributed by atoms with Crippen molar-refractivity contribution in [1.82, 2.24) is 30.7 Å². The Balaban J connectivity index is 1.68. The highest BCUT2D eigenvalue weighted by molar-refractivity contribution is 5.99. The summed E-state index contributed by atoms with van der Waals surface area (Å²) < 4.78 is 11.3. The lowest BCUT2D eigenvalue weighted by molar-refractivity contribution is -0.384. The molecular weight excluding hydrogens is 446 g/mol. The molecule has 14 nitrogen and oxygen atoms in total. The van der Waals surface area contributed by atoms with Crippen molar-refractivity contribution < 1.29 is 19.1 Å². The van der Waals surface area contributed by atoms with Crippen molar-refractivity contribution >= 4 is 23.6 Å². The van der Waals surface area contributed by atoms with Crippen molar-refractivity contribution in [1.29, 1.82) is 0 Å². The molecule has 0 aliphatic heterocycles. The second-order valence-corrected chi connectivity index (χ2v) is 6.65. The number of nitrogens with one attached hydrogen (secondary N) is 1. The van der Waals surface area contributed by atoms with Crippen molar-refractivity contribution in [3.8, 4) is 22.8 Å². The van der Waals surface area contributed by atoms with E-state index in [1.165, 1.54) is 30.5 Å². The van der Waals surface area contributed by atoms with Gasteiger partial charge in [0.1, 0.15) is 11.4 Å². The lowest BCUT2D eigenvalue weighted by atomic mass is 10.1. The highest BCUT2D eigenvalue weighted by atomic mass is 16.6. The third-order valence-corrected chi connectivity index (χ3v) is 4.52. The van der Waals surface area contributed by atoms with Gasteiger partial charge >= 0.3 is 0 Å². The van der Waals surface area contributed by atoms with Crippen LogP contribution in [-0.2, 0) is 0 Å². The Kier molecular flexibility index (Phi) is 6.20. The number of hydrogen-bond donors (Lipinski definition) is 2. The molecule has 2 aromatic carbocycles. The summed E-state index contributed by atoms with van der Waals surface area (Å²) in [5.74, 6) is -0.186. The molecule has 0 unspecified atom stereocenters. The highest BCUT2D eigenvalue weighted by Crippen LogP contribution is 2.28. The Morgan fingerprint density at radius 1 is 1.26 bits per heavy atom. The number of rotatable bonds is 8. The Morgan fingerprint density at radius 3 is 2.71 bits per heavy atom. The first kappa shape index (κ1) is 22.1. The standard InChI is InChI=1S/C20H17N9O5/c1-2-33-15-6-4-3-5-13(15)11-22-24-20(30)16-17(12-7-9-14(10-8-12)29(31)32)28(27-23-16)19-18(21)25-34-26-19/h3-11H,2H2,1H3,(H2,21,25)(H,24,30)/b22-11-. The van der Waals surface area contributed by atoms with E-state index in [1.807, 2.05) is 13.0 Å². The quantitative estimate of drug-likeness (QED) is 0.222. The summed E-state index contributed by atoms with van der Waals surface area (Å²) in [7, 11) is 0. The van der Waals surface area contributed by atoms with E-state index in [0.29, 0.717) is 23.5 Å². The number of aromatic nitrogens is 5. The summed E-state index contributed by atoms with van der Waals surface area (Å²) >= 11 is 0. The summed E-state index contributed by atoms with van der Waals surface area (Å²) in [5.41, 5.74) is 9.09. The molecular formula is C20H17N9O5. The maximum absolute atomic E-state index is 12.9. The van der Waals surface area contributed by atoms with Crippen molar-refractivity contribution in [2.45, 2.75) is 6.92 Å². The van der Waals surface area contributed by atoms with Gasteiger partial charge in [0.2, 0.25) is 11.6 Å². The fraction of sp³-hybridized carbons (Fsp3) is 0.100. The molecule has 0 bridgehead atoms. The molecule has 0 aliphatic carbocycles. The van der Waals surface area contributed by atoms with E-state index >= 15 is 0 Å². The zero-order chi connectivity index (χ0) is 24.1. The summed E-state index contributed by atoms with van der Waals surface area (Å²) in [6, 6.07) is 12.6. The van der Waals surface area contributed by atoms with Crippen LogP contribution in [0, 0.1) is 10.1 Å². The molecule has 0 saturated carbocycles. The van der Waals surface area contributed by atoms with Crippen molar-refractivity contribution in [2.75, 3.05) is 12.3 Å². The number of non-ortho nitro benzene ring substituents is 1. The van der Waals surface area contributed by atoms with Gasteiger partial charge in [-0.25, -0.2) is 10.1 Å². The molecule has 0 spiro atoms. The van der Waals surface area contributed by atoms with Gasteiger partial charge < -0.3 is 10.5 Å². The number of nitro benzene ring substituents is 1. The van der Waals surface area contributed by atoms with Crippen LogP contribution in [-0.4, -0.2) is 49.0 Å². The van der Waals surface area contributed by atoms with Gasteiger partial charge in [0.05, 0.1) is 17.7 Å². The van der Waals surface area contributed by atoms with E-state index in [4.69, 9.17) is 10.5 Å². The van der Waals surface area contributed by atoms with Gasteiger partial charge in [-0.15, -0.1) is 5.10 Å². The minimum Gasteiger partial charge on any atom is -0.493 e. The predicted octanol–water partition coefficient (Wildman–Crippen LogP) is 1.97. The summed E-state index contributed by atoms with van der Waals surface area (Å²) in [5, 5.41) is 30.0. The van der Waals surface area contributed by atoms with Gasteiger partial charge in [-0.1, -0.05) is 17.3 Å². The average molecular weight is 463 g/mol. The van der Waals surface area contributed by atoms with Crippen LogP contribution < -0.4 is 15.9 Å². The van der Waals surface area contributed by atoms with Gasteiger partial charge in [0.15, 0.2) is 5.69 Å². The first-order valence-electron chi connectivity index (χ1n) is 9.83. The van der Waals surface area contributed by atoms with E-state index in [-0.39, 0.29) is 28.7 Å². The number of benzene rings is 2. The summed E-state index contributed by atoms with van der Waals surface area (Å²) in [6.45, 7) is 2.33. The number of nitro groups is 1. The molecule has 4 aromatic rings. The lowest BCUT2D eigenvalue weighted by Gasteiger charge is -2.06. The molecule has 1 amide bonds. The number of anilines is 1. The summed E-state index contributed by atoms with van der Waals surface area (Å²) in [4.78, 5) is 23.4. The number of ether oxygens (including phenoxy) is 1. The van der Waals surface area contributed by atoms with Crippen molar-refractivity contribution in [3.05, 3.63) is 69.9 Å². The number of nitrogens with zero attached hydrogens (tertiary/aromatic N) is 7. The number of nitrogen functional groups attached to an aromatic ring is 1. The molecule has 172 valence electrons. The first-order valence-corrected chi connectivity index (χ1v) is 9.83.